The van der Waals surface area contributed by atoms with Gasteiger partial charge in [0.1, 0.15) is 12.7 Å². The number of benzene rings is 1. The number of rotatable bonds is 5. The van der Waals surface area contributed by atoms with Crippen molar-refractivity contribution >= 4 is 11.9 Å². The predicted molar refractivity (Wildman–Crippen MR) is 79.7 cm³/mol. The van der Waals surface area contributed by atoms with Gasteiger partial charge in [-0.05, 0) is 11.6 Å². The molecule has 1 fully saturated rings. The molecule has 1 unspecified atom stereocenters. The highest BCUT2D eigenvalue weighted by Gasteiger charge is 2.26. The molecule has 2 aromatic rings. The van der Waals surface area contributed by atoms with Crippen LogP contribution in [0.4, 0.5) is 10.6 Å². The highest BCUT2D eigenvalue weighted by atomic mass is 16.6. The summed E-state index contributed by atoms with van der Waals surface area (Å²) < 4.78 is 15.6. The first-order valence-corrected chi connectivity index (χ1v) is 6.89. The molecule has 6 heteroatoms. The molecule has 1 aliphatic rings. The predicted octanol–water partition coefficient (Wildman–Crippen LogP) is 2.91. The van der Waals surface area contributed by atoms with Crippen LogP contribution in [0.25, 0.3) is 0 Å². The van der Waals surface area contributed by atoms with Crippen molar-refractivity contribution in [3.8, 4) is 5.75 Å². The van der Waals surface area contributed by atoms with Gasteiger partial charge in [-0.25, -0.2) is 9.78 Å². The number of nitrogens with one attached hydrogen (secondary N) is 1. The number of anilines is 1. The molecule has 1 N–H and O–H groups in total. The number of ether oxygens (including phenoxy) is 3. The number of hydrogen-bond acceptors (Lipinski definition) is 5. The van der Waals surface area contributed by atoms with Crippen molar-refractivity contribution in [3.63, 3.8) is 0 Å². The molecule has 1 amide bonds. The molecule has 0 saturated carbocycles. The van der Waals surface area contributed by atoms with Crippen LogP contribution < -0.4 is 10.1 Å². The van der Waals surface area contributed by atoms with E-state index < -0.39 is 6.09 Å². The van der Waals surface area contributed by atoms with Gasteiger partial charge in [0.2, 0.25) is 0 Å². The lowest BCUT2D eigenvalue weighted by molar-refractivity contribution is 0.155. The molecule has 1 aromatic carbocycles. The van der Waals surface area contributed by atoms with E-state index in [0.29, 0.717) is 18.2 Å². The smallest absolute Gasteiger partial charge is 0.413 e. The molecule has 0 aliphatic carbocycles. The number of amides is 1. The van der Waals surface area contributed by atoms with Gasteiger partial charge in [0.05, 0.1) is 13.7 Å². The molecule has 1 aliphatic heterocycles. The van der Waals surface area contributed by atoms with Crippen LogP contribution in [0, 0.1) is 0 Å². The maximum Gasteiger partial charge on any atom is 0.413 e. The fourth-order valence-corrected chi connectivity index (χ4v) is 1.98. The van der Waals surface area contributed by atoms with Gasteiger partial charge in [0, 0.05) is 11.8 Å². The Morgan fingerprint density at radius 2 is 2.18 bits per heavy atom. The van der Waals surface area contributed by atoms with E-state index in [-0.39, 0.29) is 12.7 Å². The van der Waals surface area contributed by atoms with Gasteiger partial charge in [0.25, 0.3) is 0 Å². The molecule has 1 atom stereocenters. The summed E-state index contributed by atoms with van der Waals surface area (Å²) in [6, 6.07) is 11.3. The number of pyridine rings is 1. The minimum absolute atomic E-state index is 0.0838. The molecule has 2 heterocycles. The zero-order chi connectivity index (χ0) is 15.4. The molecule has 6 nitrogen and oxygen atoms in total. The molecule has 1 aromatic heterocycles. The standard InChI is InChI=1S/C16H16N2O4/c1-20-13-7-12(14-10-21-14)8-17-15(13)18-16(19)22-9-11-5-3-2-4-6-11/h2-8,14H,9-10H2,1H3,(H,17,18,19). The summed E-state index contributed by atoms with van der Waals surface area (Å²) in [5.41, 5.74) is 1.85. The number of epoxide rings is 1. The molecule has 0 radical (unpaired) electrons. The average Bonchev–Trinajstić information content (AvgIpc) is 3.39. The van der Waals surface area contributed by atoms with Crippen molar-refractivity contribution in [1.82, 2.24) is 4.98 Å². The Kier molecular flexibility index (Phi) is 4.20. The summed E-state index contributed by atoms with van der Waals surface area (Å²) in [6.45, 7) is 0.889. The highest BCUT2D eigenvalue weighted by molar-refractivity contribution is 5.85. The monoisotopic (exact) mass is 300 g/mol. The van der Waals surface area contributed by atoms with Crippen LogP contribution in [0.1, 0.15) is 17.2 Å². The lowest BCUT2D eigenvalue weighted by atomic mass is 10.2. The Labute approximate surface area is 128 Å². The number of aromatic nitrogens is 1. The van der Waals surface area contributed by atoms with Gasteiger partial charge < -0.3 is 14.2 Å². The Bertz CT molecular complexity index is 656. The first-order chi connectivity index (χ1) is 10.8. The second kappa shape index (κ2) is 6.44. The molecule has 0 spiro atoms. The number of carbonyl (C=O) groups is 1. The van der Waals surface area contributed by atoms with Crippen LogP contribution in [0.2, 0.25) is 0 Å². The highest BCUT2D eigenvalue weighted by Crippen LogP contribution is 2.33. The Morgan fingerprint density at radius 3 is 2.86 bits per heavy atom. The SMILES string of the molecule is COc1cc(C2CO2)cnc1NC(=O)OCc1ccccc1. The first kappa shape index (κ1) is 14.3. The Balaban J connectivity index is 1.61. The van der Waals surface area contributed by atoms with Crippen molar-refractivity contribution in [3.05, 3.63) is 53.7 Å². The quantitative estimate of drug-likeness (QED) is 0.859. The molecule has 114 valence electrons. The fraction of sp³-hybridized carbons (Fsp3) is 0.250. The second-order valence-electron chi connectivity index (χ2n) is 4.83. The van der Waals surface area contributed by atoms with Gasteiger partial charge in [-0.2, -0.15) is 0 Å². The summed E-state index contributed by atoms with van der Waals surface area (Å²) in [5, 5.41) is 2.58. The Morgan fingerprint density at radius 1 is 1.41 bits per heavy atom. The van der Waals surface area contributed by atoms with Crippen LogP contribution in [0.5, 0.6) is 5.75 Å². The van der Waals surface area contributed by atoms with E-state index >= 15 is 0 Å². The van der Waals surface area contributed by atoms with E-state index in [9.17, 15) is 4.79 Å². The summed E-state index contributed by atoms with van der Waals surface area (Å²) in [5.74, 6) is 0.801. The van der Waals surface area contributed by atoms with Crippen LogP contribution in [-0.2, 0) is 16.1 Å². The van der Waals surface area contributed by atoms with E-state index in [1.807, 2.05) is 30.3 Å². The van der Waals surface area contributed by atoms with Gasteiger partial charge >= 0.3 is 6.09 Å². The van der Waals surface area contributed by atoms with Crippen molar-refractivity contribution in [2.45, 2.75) is 12.7 Å². The number of carbonyl (C=O) groups excluding carboxylic acids is 1. The van der Waals surface area contributed by atoms with E-state index in [2.05, 4.69) is 10.3 Å². The average molecular weight is 300 g/mol. The maximum absolute atomic E-state index is 11.8. The number of methoxy groups -OCH3 is 1. The van der Waals surface area contributed by atoms with Crippen LogP contribution in [-0.4, -0.2) is 24.8 Å². The Hall–Kier alpha value is -2.60. The van der Waals surface area contributed by atoms with E-state index in [0.717, 1.165) is 11.1 Å². The van der Waals surface area contributed by atoms with E-state index in [1.54, 1.807) is 12.3 Å². The van der Waals surface area contributed by atoms with Crippen LogP contribution >= 0.6 is 0 Å². The number of nitrogens with zero attached hydrogens (tertiary/aromatic N) is 1. The van der Waals surface area contributed by atoms with E-state index in [1.165, 1.54) is 7.11 Å². The van der Waals surface area contributed by atoms with Crippen molar-refractivity contribution in [2.24, 2.45) is 0 Å². The van der Waals surface area contributed by atoms with Crippen molar-refractivity contribution in [2.75, 3.05) is 19.0 Å². The van der Waals surface area contributed by atoms with Gasteiger partial charge in [-0.1, -0.05) is 30.3 Å². The third kappa shape index (κ3) is 3.53. The maximum atomic E-state index is 11.8. The van der Waals surface area contributed by atoms with Crippen molar-refractivity contribution < 1.29 is 19.0 Å². The topological polar surface area (TPSA) is 73.0 Å². The zero-order valence-corrected chi connectivity index (χ0v) is 12.1. The molecular weight excluding hydrogens is 284 g/mol. The first-order valence-electron chi connectivity index (χ1n) is 6.89. The third-order valence-electron chi connectivity index (χ3n) is 3.23. The zero-order valence-electron chi connectivity index (χ0n) is 12.1. The summed E-state index contributed by atoms with van der Waals surface area (Å²) in [7, 11) is 1.52. The third-order valence-corrected chi connectivity index (χ3v) is 3.23. The summed E-state index contributed by atoms with van der Waals surface area (Å²) in [6.07, 6.45) is 1.16. The molecule has 22 heavy (non-hydrogen) atoms. The normalized spacial score (nSPS) is 16.0. The molecule has 3 rings (SSSR count). The fourth-order valence-electron chi connectivity index (χ4n) is 1.98. The van der Waals surface area contributed by atoms with Crippen LogP contribution in [0.3, 0.4) is 0 Å². The van der Waals surface area contributed by atoms with Crippen LogP contribution in [0.15, 0.2) is 42.6 Å². The van der Waals surface area contributed by atoms with Gasteiger partial charge in [0.15, 0.2) is 11.6 Å². The lowest BCUT2D eigenvalue weighted by Crippen LogP contribution is -2.15. The molecule has 0 bridgehead atoms. The summed E-state index contributed by atoms with van der Waals surface area (Å²) in [4.78, 5) is 16.0. The molecule has 1 saturated heterocycles. The second-order valence-corrected chi connectivity index (χ2v) is 4.83. The number of hydrogen-bond donors (Lipinski definition) is 1. The van der Waals surface area contributed by atoms with Gasteiger partial charge in [-0.15, -0.1) is 0 Å². The molecular formula is C16H16N2O4. The minimum Gasteiger partial charge on any atom is -0.493 e. The van der Waals surface area contributed by atoms with Crippen molar-refractivity contribution in [1.29, 1.82) is 0 Å². The largest absolute Gasteiger partial charge is 0.493 e. The lowest BCUT2D eigenvalue weighted by Gasteiger charge is -2.10. The van der Waals surface area contributed by atoms with E-state index in [4.69, 9.17) is 14.2 Å². The summed E-state index contributed by atoms with van der Waals surface area (Å²) >= 11 is 0. The minimum atomic E-state index is -0.579. The van der Waals surface area contributed by atoms with Gasteiger partial charge in [-0.3, -0.25) is 5.32 Å².